The molecule has 0 spiro atoms. The third kappa shape index (κ3) is 2.96. The third-order valence-corrected chi connectivity index (χ3v) is 4.06. The third-order valence-electron chi connectivity index (χ3n) is 4.06. The second kappa shape index (κ2) is 6.18. The summed E-state index contributed by atoms with van der Waals surface area (Å²) in [6, 6.07) is 12.0. The van der Waals surface area contributed by atoms with Gasteiger partial charge in [0, 0.05) is 24.5 Å². The molecule has 0 aliphatic carbocycles. The summed E-state index contributed by atoms with van der Waals surface area (Å²) in [4.78, 5) is 14.6. The quantitative estimate of drug-likeness (QED) is 0.929. The van der Waals surface area contributed by atoms with Gasteiger partial charge >= 0.3 is 0 Å². The van der Waals surface area contributed by atoms with Gasteiger partial charge in [-0.25, -0.2) is 4.39 Å². The lowest BCUT2D eigenvalue weighted by Gasteiger charge is -2.19. The minimum absolute atomic E-state index is 0.0634. The number of hydrogen-bond acceptors (Lipinski definition) is 2. The van der Waals surface area contributed by atoms with Gasteiger partial charge in [0.05, 0.1) is 5.56 Å². The van der Waals surface area contributed by atoms with E-state index in [0.29, 0.717) is 0 Å². The summed E-state index contributed by atoms with van der Waals surface area (Å²) in [5, 5.41) is 2.83. The van der Waals surface area contributed by atoms with E-state index in [1.807, 2.05) is 19.1 Å². The van der Waals surface area contributed by atoms with Crippen LogP contribution in [-0.4, -0.2) is 19.0 Å². The first-order valence-corrected chi connectivity index (χ1v) is 7.56. The molecule has 4 heteroatoms. The van der Waals surface area contributed by atoms with Gasteiger partial charge in [0.25, 0.3) is 5.91 Å². The van der Waals surface area contributed by atoms with Gasteiger partial charge in [0.15, 0.2) is 0 Å². The number of amides is 1. The highest BCUT2D eigenvalue weighted by Crippen LogP contribution is 2.26. The summed E-state index contributed by atoms with van der Waals surface area (Å²) in [5.41, 5.74) is 2.87. The highest BCUT2D eigenvalue weighted by molar-refractivity contribution is 6.05. The van der Waals surface area contributed by atoms with Crippen molar-refractivity contribution in [1.82, 2.24) is 0 Å². The number of benzene rings is 2. The first-order chi connectivity index (χ1) is 10.6. The predicted octanol–water partition coefficient (Wildman–Crippen LogP) is 3.99. The van der Waals surface area contributed by atoms with E-state index in [9.17, 15) is 9.18 Å². The van der Waals surface area contributed by atoms with Gasteiger partial charge in [-0.05, 0) is 49.6 Å². The molecule has 0 atom stereocenters. The highest BCUT2D eigenvalue weighted by Gasteiger charge is 2.15. The normalized spacial score (nSPS) is 14.2. The molecule has 0 aromatic heterocycles. The monoisotopic (exact) mass is 298 g/mol. The van der Waals surface area contributed by atoms with Gasteiger partial charge in [0.2, 0.25) is 0 Å². The lowest BCUT2D eigenvalue weighted by Crippen LogP contribution is -2.19. The Balaban J connectivity index is 1.83. The SMILES string of the molecule is Cc1ccc(N2CCCC2)cc1NC(=O)c1ccccc1F. The van der Waals surface area contributed by atoms with Gasteiger partial charge in [-0.15, -0.1) is 0 Å². The molecule has 114 valence electrons. The van der Waals surface area contributed by atoms with Gasteiger partial charge in [0.1, 0.15) is 5.82 Å². The van der Waals surface area contributed by atoms with Crippen LogP contribution in [0.15, 0.2) is 42.5 Å². The minimum Gasteiger partial charge on any atom is -0.371 e. The Morgan fingerprint density at radius 1 is 1.14 bits per heavy atom. The Kier molecular flexibility index (Phi) is 4.09. The summed E-state index contributed by atoms with van der Waals surface area (Å²) in [6.07, 6.45) is 2.40. The molecule has 1 aliphatic rings. The van der Waals surface area contributed by atoms with Crippen LogP contribution in [0.25, 0.3) is 0 Å². The van der Waals surface area contributed by atoms with Crippen molar-refractivity contribution in [3.63, 3.8) is 0 Å². The number of carbonyl (C=O) groups excluding carboxylic acids is 1. The summed E-state index contributed by atoms with van der Waals surface area (Å²) in [5.74, 6) is -0.923. The fourth-order valence-corrected chi connectivity index (χ4v) is 2.75. The summed E-state index contributed by atoms with van der Waals surface area (Å²) in [6.45, 7) is 4.03. The van der Waals surface area contributed by atoms with Crippen molar-refractivity contribution in [3.8, 4) is 0 Å². The Morgan fingerprint density at radius 3 is 2.59 bits per heavy atom. The summed E-state index contributed by atoms with van der Waals surface area (Å²) in [7, 11) is 0. The van der Waals surface area contributed by atoms with Crippen LogP contribution in [0.2, 0.25) is 0 Å². The fourth-order valence-electron chi connectivity index (χ4n) is 2.75. The fraction of sp³-hybridized carbons (Fsp3) is 0.278. The molecule has 1 amide bonds. The maximum absolute atomic E-state index is 13.7. The summed E-state index contributed by atoms with van der Waals surface area (Å²) >= 11 is 0. The molecule has 1 fully saturated rings. The number of hydrogen-bond donors (Lipinski definition) is 1. The van der Waals surface area contributed by atoms with E-state index in [2.05, 4.69) is 16.3 Å². The maximum atomic E-state index is 13.7. The zero-order chi connectivity index (χ0) is 15.5. The lowest BCUT2D eigenvalue weighted by molar-refractivity contribution is 0.102. The lowest BCUT2D eigenvalue weighted by atomic mass is 10.1. The topological polar surface area (TPSA) is 32.3 Å². The standard InChI is InChI=1S/C18H19FN2O/c1-13-8-9-14(21-10-4-5-11-21)12-17(13)20-18(22)15-6-2-3-7-16(15)19/h2-3,6-9,12H,4-5,10-11H2,1H3,(H,20,22). The van der Waals surface area contributed by atoms with Crippen molar-refractivity contribution in [2.75, 3.05) is 23.3 Å². The van der Waals surface area contributed by atoms with Crippen LogP contribution in [0.1, 0.15) is 28.8 Å². The van der Waals surface area contributed by atoms with Crippen LogP contribution in [0.5, 0.6) is 0 Å². The molecule has 1 N–H and O–H groups in total. The number of anilines is 2. The second-order valence-corrected chi connectivity index (χ2v) is 5.63. The number of nitrogens with zero attached hydrogens (tertiary/aromatic N) is 1. The van der Waals surface area contributed by atoms with Crippen LogP contribution in [0.3, 0.4) is 0 Å². The van der Waals surface area contributed by atoms with Crippen LogP contribution in [0.4, 0.5) is 15.8 Å². The molecule has 1 heterocycles. The number of carbonyl (C=O) groups is 1. The number of nitrogens with one attached hydrogen (secondary N) is 1. The van der Waals surface area contributed by atoms with Crippen molar-refractivity contribution in [2.24, 2.45) is 0 Å². The van der Waals surface area contributed by atoms with Crippen LogP contribution in [-0.2, 0) is 0 Å². The average Bonchev–Trinajstić information content (AvgIpc) is 3.04. The molecule has 0 radical (unpaired) electrons. The van der Waals surface area contributed by atoms with E-state index >= 15 is 0 Å². The van der Waals surface area contributed by atoms with Crippen LogP contribution >= 0.6 is 0 Å². The molecule has 0 saturated carbocycles. The Bertz CT molecular complexity index is 693. The van der Waals surface area contributed by atoms with E-state index in [1.54, 1.807) is 12.1 Å². The second-order valence-electron chi connectivity index (χ2n) is 5.63. The van der Waals surface area contributed by atoms with E-state index in [1.165, 1.54) is 25.0 Å². The van der Waals surface area contributed by atoms with E-state index in [0.717, 1.165) is 30.0 Å². The number of aryl methyl sites for hydroxylation is 1. The molecular weight excluding hydrogens is 279 g/mol. The van der Waals surface area contributed by atoms with E-state index < -0.39 is 11.7 Å². The molecule has 3 nitrogen and oxygen atoms in total. The van der Waals surface area contributed by atoms with Gasteiger partial charge in [-0.2, -0.15) is 0 Å². The van der Waals surface area contributed by atoms with Crippen molar-refractivity contribution >= 4 is 17.3 Å². The van der Waals surface area contributed by atoms with Gasteiger partial charge in [-0.3, -0.25) is 4.79 Å². The van der Waals surface area contributed by atoms with E-state index in [-0.39, 0.29) is 5.56 Å². The molecule has 2 aromatic rings. The summed E-state index contributed by atoms with van der Waals surface area (Å²) < 4.78 is 13.7. The smallest absolute Gasteiger partial charge is 0.258 e. The number of rotatable bonds is 3. The molecule has 2 aromatic carbocycles. The molecular formula is C18H19FN2O. The van der Waals surface area contributed by atoms with Crippen molar-refractivity contribution < 1.29 is 9.18 Å². The number of halogens is 1. The zero-order valence-corrected chi connectivity index (χ0v) is 12.6. The Labute approximate surface area is 129 Å². The van der Waals surface area contributed by atoms with Crippen LogP contribution in [0, 0.1) is 12.7 Å². The Morgan fingerprint density at radius 2 is 1.86 bits per heavy atom. The molecule has 3 rings (SSSR count). The molecule has 22 heavy (non-hydrogen) atoms. The minimum atomic E-state index is -0.506. The first-order valence-electron chi connectivity index (χ1n) is 7.56. The molecule has 0 bridgehead atoms. The van der Waals surface area contributed by atoms with Crippen molar-refractivity contribution in [3.05, 3.63) is 59.4 Å². The highest BCUT2D eigenvalue weighted by atomic mass is 19.1. The van der Waals surface area contributed by atoms with Gasteiger partial charge in [-0.1, -0.05) is 18.2 Å². The average molecular weight is 298 g/mol. The molecule has 1 aliphatic heterocycles. The maximum Gasteiger partial charge on any atom is 0.258 e. The van der Waals surface area contributed by atoms with Crippen molar-refractivity contribution in [2.45, 2.75) is 19.8 Å². The van der Waals surface area contributed by atoms with Crippen LogP contribution < -0.4 is 10.2 Å². The predicted molar refractivity (Wildman–Crippen MR) is 87.0 cm³/mol. The van der Waals surface area contributed by atoms with E-state index in [4.69, 9.17) is 0 Å². The molecule has 1 saturated heterocycles. The van der Waals surface area contributed by atoms with Crippen molar-refractivity contribution in [1.29, 1.82) is 0 Å². The largest absolute Gasteiger partial charge is 0.371 e. The van der Waals surface area contributed by atoms with Gasteiger partial charge < -0.3 is 10.2 Å². The zero-order valence-electron chi connectivity index (χ0n) is 12.6. The first kappa shape index (κ1) is 14.6. The molecule has 0 unspecified atom stereocenters. The Hall–Kier alpha value is -2.36.